The third kappa shape index (κ3) is 1.68. The van der Waals surface area contributed by atoms with Crippen molar-refractivity contribution in [2.24, 2.45) is 0 Å². The van der Waals surface area contributed by atoms with E-state index in [9.17, 15) is 14.4 Å². The van der Waals surface area contributed by atoms with Gasteiger partial charge in [0.05, 0.1) is 6.07 Å². The van der Waals surface area contributed by atoms with Crippen LogP contribution in [0.4, 0.5) is 10.1 Å². The summed E-state index contributed by atoms with van der Waals surface area (Å²) in [7, 11) is 0. The molecule has 0 saturated heterocycles. The van der Waals surface area contributed by atoms with E-state index < -0.39 is 11.9 Å². The molecule has 98 valence electrons. The fourth-order valence-corrected chi connectivity index (χ4v) is 2.61. The molecule has 0 fully saturated rings. The molecule has 0 aliphatic carbocycles. The molecule has 0 radical (unpaired) electrons. The summed E-state index contributed by atoms with van der Waals surface area (Å²) >= 11 is 0. The third-order valence-corrected chi connectivity index (χ3v) is 3.50. The molecule has 3 rings (SSSR count). The molecule has 1 heterocycles. The Morgan fingerprint density at radius 3 is 2.70 bits per heavy atom. The fraction of sp³-hybridized carbons (Fsp3) is 0.125. The van der Waals surface area contributed by atoms with Crippen molar-refractivity contribution >= 4 is 11.6 Å². The molecule has 0 bridgehead atoms. The van der Waals surface area contributed by atoms with E-state index >= 15 is 0 Å². The normalized spacial score (nSPS) is 16.9. The number of fused-ring (bicyclic) bond motifs is 1. The Bertz CT molecular complexity index is 748. The van der Waals surface area contributed by atoms with Gasteiger partial charge in [0.1, 0.15) is 5.82 Å². The number of carbonyl (C=O) groups excluding carboxylic acids is 1. The molecule has 1 amide bonds. The van der Waals surface area contributed by atoms with Crippen LogP contribution in [0.3, 0.4) is 0 Å². The van der Waals surface area contributed by atoms with E-state index in [4.69, 9.17) is 0 Å². The summed E-state index contributed by atoms with van der Waals surface area (Å²) in [4.78, 5) is 13.9. The van der Waals surface area contributed by atoms with Crippen molar-refractivity contribution in [3.05, 3.63) is 65.0 Å². The van der Waals surface area contributed by atoms with Gasteiger partial charge in [0, 0.05) is 16.8 Å². The SMILES string of the molecule is Cc1cccc2c1C(=O)N(c1cccc(F)c1)C2C#N. The van der Waals surface area contributed by atoms with Crippen molar-refractivity contribution in [2.75, 3.05) is 4.90 Å². The zero-order chi connectivity index (χ0) is 14.3. The minimum atomic E-state index is -0.709. The highest BCUT2D eigenvalue weighted by atomic mass is 19.1. The molecule has 3 nitrogen and oxygen atoms in total. The Hall–Kier alpha value is -2.67. The van der Waals surface area contributed by atoms with Crippen LogP contribution in [-0.4, -0.2) is 5.91 Å². The van der Waals surface area contributed by atoms with Crippen LogP contribution < -0.4 is 4.90 Å². The number of rotatable bonds is 1. The summed E-state index contributed by atoms with van der Waals surface area (Å²) in [6.45, 7) is 1.83. The van der Waals surface area contributed by atoms with Crippen LogP contribution in [0.5, 0.6) is 0 Å². The quantitative estimate of drug-likeness (QED) is 0.794. The highest BCUT2D eigenvalue weighted by Gasteiger charge is 2.38. The van der Waals surface area contributed by atoms with Crippen LogP contribution >= 0.6 is 0 Å². The first-order valence-electron chi connectivity index (χ1n) is 6.21. The number of anilines is 1. The lowest BCUT2D eigenvalue weighted by Gasteiger charge is -2.20. The van der Waals surface area contributed by atoms with Gasteiger partial charge < -0.3 is 0 Å². The lowest BCUT2D eigenvalue weighted by Crippen LogP contribution is -2.27. The number of benzene rings is 2. The molecule has 2 aromatic rings. The molecule has 0 spiro atoms. The number of nitriles is 1. The summed E-state index contributed by atoms with van der Waals surface area (Å²) in [5.41, 5.74) is 2.45. The largest absolute Gasteiger partial charge is 0.287 e. The molecule has 1 atom stereocenters. The molecule has 2 aromatic carbocycles. The molecule has 4 heteroatoms. The Morgan fingerprint density at radius 2 is 2.00 bits per heavy atom. The van der Waals surface area contributed by atoms with Crippen LogP contribution in [0.25, 0.3) is 0 Å². The Morgan fingerprint density at radius 1 is 1.25 bits per heavy atom. The molecule has 20 heavy (non-hydrogen) atoms. The number of aryl methyl sites for hydroxylation is 1. The Kier molecular flexibility index (Phi) is 2.76. The van der Waals surface area contributed by atoms with Crippen molar-refractivity contribution in [3.8, 4) is 6.07 Å². The summed E-state index contributed by atoms with van der Waals surface area (Å²) in [5.74, 6) is -0.685. The van der Waals surface area contributed by atoms with Crippen LogP contribution in [0.15, 0.2) is 42.5 Å². The summed E-state index contributed by atoms with van der Waals surface area (Å²) < 4.78 is 13.4. The number of carbonyl (C=O) groups is 1. The zero-order valence-corrected chi connectivity index (χ0v) is 10.8. The van der Waals surface area contributed by atoms with Gasteiger partial charge in [-0.1, -0.05) is 24.3 Å². The first-order valence-corrected chi connectivity index (χ1v) is 6.21. The van der Waals surface area contributed by atoms with Crippen molar-refractivity contribution in [1.82, 2.24) is 0 Å². The van der Waals surface area contributed by atoms with Gasteiger partial charge in [-0.2, -0.15) is 5.26 Å². The predicted octanol–water partition coefficient (Wildman–Crippen LogP) is 3.36. The van der Waals surface area contributed by atoms with Crippen molar-refractivity contribution in [2.45, 2.75) is 13.0 Å². The molecular weight excluding hydrogens is 255 g/mol. The van der Waals surface area contributed by atoms with Crippen LogP contribution in [-0.2, 0) is 0 Å². The second kappa shape index (κ2) is 4.46. The van der Waals surface area contributed by atoms with Gasteiger partial charge in [-0.15, -0.1) is 0 Å². The summed E-state index contributed by atoms with van der Waals surface area (Å²) in [5, 5.41) is 9.38. The van der Waals surface area contributed by atoms with Crippen molar-refractivity contribution < 1.29 is 9.18 Å². The monoisotopic (exact) mass is 266 g/mol. The maximum atomic E-state index is 13.4. The van der Waals surface area contributed by atoms with Crippen molar-refractivity contribution in [1.29, 1.82) is 5.26 Å². The Balaban J connectivity index is 2.18. The van der Waals surface area contributed by atoms with Gasteiger partial charge in [0.2, 0.25) is 0 Å². The lowest BCUT2D eigenvalue weighted by atomic mass is 10.0. The molecule has 0 N–H and O–H groups in total. The van der Waals surface area contributed by atoms with Crippen LogP contribution in [0.2, 0.25) is 0 Å². The highest BCUT2D eigenvalue weighted by molar-refractivity contribution is 6.12. The van der Waals surface area contributed by atoms with Gasteiger partial charge in [-0.05, 0) is 30.7 Å². The number of hydrogen-bond acceptors (Lipinski definition) is 2. The minimum Gasteiger partial charge on any atom is -0.287 e. The van der Waals surface area contributed by atoms with E-state index in [1.54, 1.807) is 12.1 Å². The van der Waals surface area contributed by atoms with E-state index in [-0.39, 0.29) is 5.91 Å². The second-order valence-electron chi connectivity index (χ2n) is 4.73. The molecular formula is C16H11FN2O. The van der Waals surface area contributed by atoms with Gasteiger partial charge in [-0.3, -0.25) is 9.69 Å². The van der Waals surface area contributed by atoms with Crippen LogP contribution in [0.1, 0.15) is 27.5 Å². The Labute approximate surface area is 115 Å². The second-order valence-corrected chi connectivity index (χ2v) is 4.73. The smallest absolute Gasteiger partial charge is 0.260 e. The number of halogens is 1. The minimum absolute atomic E-state index is 0.254. The molecule has 1 aliphatic rings. The van der Waals surface area contributed by atoms with Gasteiger partial charge >= 0.3 is 0 Å². The maximum absolute atomic E-state index is 13.4. The van der Waals surface area contributed by atoms with Gasteiger partial charge in [-0.25, -0.2) is 4.39 Å². The molecule has 0 saturated carbocycles. The van der Waals surface area contributed by atoms with Crippen molar-refractivity contribution in [3.63, 3.8) is 0 Å². The van der Waals surface area contributed by atoms with E-state index in [0.717, 1.165) is 5.56 Å². The average molecular weight is 266 g/mol. The molecule has 1 aliphatic heterocycles. The first-order chi connectivity index (χ1) is 9.63. The molecule has 1 unspecified atom stereocenters. The first kappa shape index (κ1) is 12.4. The maximum Gasteiger partial charge on any atom is 0.260 e. The number of nitrogens with zero attached hydrogens (tertiary/aromatic N) is 2. The average Bonchev–Trinajstić information content (AvgIpc) is 2.72. The standard InChI is InChI=1S/C16H11FN2O/c1-10-4-2-7-13-14(9-18)19(16(20)15(10)13)12-6-3-5-11(17)8-12/h2-8,14H,1H3. The molecule has 0 aromatic heterocycles. The fourth-order valence-electron chi connectivity index (χ4n) is 2.61. The summed E-state index contributed by atoms with van der Waals surface area (Å²) in [6, 6.07) is 12.6. The van der Waals surface area contributed by atoms with Crippen LogP contribution in [0, 0.1) is 24.1 Å². The summed E-state index contributed by atoms with van der Waals surface area (Å²) in [6.07, 6.45) is 0. The van der Waals surface area contributed by atoms with E-state index in [2.05, 4.69) is 6.07 Å². The lowest BCUT2D eigenvalue weighted by molar-refractivity contribution is 0.0994. The number of amides is 1. The van der Waals surface area contributed by atoms with E-state index in [1.807, 2.05) is 19.1 Å². The zero-order valence-electron chi connectivity index (χ0n) is 10.8. The van der Waals surface area contributed by atoms with Gasteiger partial charge in [0.25, 0.3) is 5.91 Å². The third-order valence-electron chi connectivity index (χ3n) is 3.50. The number of hydrogen-bond donors (Lipinski definition) is 0. The predicted molar refractivity (Wildman–Crippen MR) is 72.7 cm³/mol. The van der Waals surface area contributed by atoms with E-state index in [1.165, 1.54) is 23.1 Å². The topological polar surface area (TPSA) is 44.1 Å². The van der Waals surface area contributed by atoms with Gasteiger partial charge in [0.15, 0.2) is 6.04 Å². The highest BCUT2D eigenvalue weighted by Crippen LogP contribution is 2.38. The van der Waals surface area contributed by atoms with E-state index in [0.29, 0.717) is 16.8 Å².